The van der Waals surface area contributed by atoms with Gasteiger partial charge in [0.25, 0.3) is 0 Å². The molecule has 90 valence electrons. The molecule has 2 aromatic rings. The summed E-state index contributed by atoms with van der Waals surface area (Å²) in [4.78, 5) is 7.88. The van der Waals surface area contributed by atoms with E-state index in [1.807, 2.05) is 12.1 Å². The fourth-order valence-electron chi connectivity index (χ4n) is 1.99. The van der Waals surface area contributed by atoms with E-state index in [9.17, 15) is 5.11 Å². The zero-order valence-corrected chi connectivity index (χ0v) is 11.0. The first-order chi connectivity index (χ1) is 8.19. The number of methoxy groups -OCH3 is 1. The molecule has 1 atom stereocenters. The first kappa shape index (κ1) is 11.2. The van der Waals surface area contributed by atoms with Crippen molar-refractivity contribution in [3.05, 3.63) is 28.0 Å². The van der Waals surface area contributed by atoms with Gasteiger partial charge >= 0.3 is 0 Å². The minimum atomic E-state index is -0.939. The Morgan fingerprint density at radius 1 is 1.53 bits per heavy atom. The van der Waals surface area contributed by atoms with Crippen molar-refractivity contribution in [3.63, 3.8) is 0 Å². The fourth-order valence-corrected chi connectivity index (χ4v) is 2.47. The van der Waals surface area contributed by atoms with Crippen LogP contribution in [0.25, 0.3) is 11.0 Å². The van der Waals surface area contributed by atoms with Crippen molar-refractivity contribution in [2.75, 3.05) is 7.11 Å². The quantitative estimate of drug-likeness (QED) is 0.856. The predicted octanol–water partition coefficient (Wildman–Crippen LogP) is 2.84. The highest BCUT2D eigenvalue weighted by molar-refractivity contribution is 9.10. The number of imidazole rings is 1. The molecule has 1 unspecified atom stereocenters. The monoisotopic (exact) mass is 296 g/mol. The summed E-state index contributed by atoms with van der Waals surface area (Å²) in [7, 11) is 1.48. The molecule has 1 heterocycles. The van der Waals surface area contributed by atoms with E-state index in [1.165, 1.54) is 20.0 Å². The van der Waals surface area contributed by atoms with Gasteiger partial charge in [-0.3, -0.25) is 0 Å². The van der Waals surface area contributed by atoms with Crippen LogP contribution in [0.4, 0.5) is 0 Å². The molecule has 17 heavy (non-hydrogen) atoms. The number of rotatable bonds is 3. The number of fused-ring (bicyclic) bond motifs is 1. The lowest BCUT2D eigenvalue weighted by Gasteiger charge is -2.09. The van der Waals surface area contributed by atoms with E-state index in [0.717, 1.165) is 21.3 Å². The van der Waals surface area contributed by atoms with Gasteiger partial charge in [-0.1, -0.05) is 15.9 Å². The Bertz CT molecular complexity index is 563. The number of benzene rings is 1. The van der Waals surface area contributed by atoms with E-state index in [2.05, 4.69) is 25.9 Å². The molecule has 1 saturated carbocycles. The number of aliphatic hydroxyl groups is 1. The number of aliphatic hydroxyl groups excluding tert-OH is 1. The highest BCUT2D eigenvalue weighted by Gasteiger charge is 2.27. The van der Waals surface area contributed by atoms with Crippen molar-refractivity contribution in [2.24, 2.45) is 0 Å². The second kappa shape index (κ2) is 4.08. The van der Waals surface area contributed by atoms with Crippen LogP contribution in [0.15, 0.2) is 16.6 Å². The molecule has 1 fully saturated rings. The van der Waals surface area contributed by atoms with Crippen molar-refractivity contribution in [1.29, 1.82) is 0 Å². The number of H-pyrrole nitrogens is 1. The third-order valence-corrected chi connectivity index (χ3v) is 3.51. The summed E-state index contributed by atoms with van der Waals surface area (Å²) in [5, 5.41) is 9.82. The smallest absolute Gasteiger partial charge is 0.183 e. The average Bonchev–Trinajstić information content (AvgIpc) is 3.08. The second-order valence-electron chi connectivity index (χ2n) is 4.38. The zero-order valence-electron chi connectivity index (χ0n) is 9.40. The number of ether oxygens (including phenoxy) is 1. The molecule has 0 radical (unpaired) electrons. The van der Waals surface area contributed by atoms with Crippen molar-refractivity contribution < 1.29 is 9.84 Å². The number of nitrogens with zero attached hydrogens (tertiary/aromatic N) is 1. The number of hydrogen-bond acceptors (Lipinski definition) is 3. The van der Waals surface area contributed by atoms with Crippen molar-refractivity contribution in [1.82, 2.24) is 9.97 Å². The molecule has 1 aliphatic rings. The molecule has 0 bridgehead atoms. The van der Waals surface area contributed by atoms with Crippen molar-refractivity contribution >= 4 is 27.0 Å². The minimum absolute atomic E-state index is 0.564. The van der Waals surface area contributed by atoms with Crippen LogP contribution in [0.2, 0.25) is 0 Å². The topological polar surface area (TPSA) is 58.1 Å². The average molecular weight is 297 g/mol. The van der Waals surface area contributed by atoms with Gasteiger partial charge in [-0.15, -0.1) is 0 Å². The molecule has 1 aromatic heterocycles. The van der Waals surface area contributed by atoms with E-state index in [1.54, 1.807) is 0 Å². The molecule has 0 spiro atoms. The second-order valence-corrected chi connectivity index (χ2v) is 5.29. The number of nitrogens with one attached hydrogen (secondary N) is 1. The number of aromatic amines is 1. The Labute approximate surface area is 107 Å². The van der Waals surface area contributed by atoms with E-state index in [0.29, 0.717) is 11.5 Å². The summed E-state index contributed by atoms with van der Waals surface area (Å²) in [6.07, 6.45) is 1.46. The lowest BCUT2D eigenvalue weighted by atomic mass is 10.2. The van der Waals surface area contributed by atoms with Gasteiger partial charge in [-0.05, 0) is 25.0 Å². The summed E-state index contributed by atoms with van der Waals surface area (Å²) in [6.45, 7) is 0. The molecule has 0 saturated heterocycles. The normalized spacial score (nSPS) is 17.6. The van der Waals surface area contributed by atoms with Gasteiger partial charge in [-0.2, -0.15) is 0 Å². The van der Waals surface area contributed by atoms with Crippen LogP contribution in [0.1, 0.15) is 36.4 Å². The zero-order chi connectivity index (χ0) is 12.0. The summed E-state index contributed by atoms with van der Waals surface area (Å²) in [6, 6.07) is 3.81. The first-order valence-corrected chi connectivity index (χ1v) is 6.38. The van der Waals surface area contributed by atoms with Crippen molar-refractivity contribution in [3.8, 4) is 0 Å². The summed E-state index contributed by atoms with van der Waals surface area (Å²) < 4.78 is 5.87. The van der Waals surface area contributed by atoms with Gasteiger partial charge < -0.3 is 14.8 Å². The molecule has 2 N–H and O–H groups in total. The first-order valence-electron chi connectivity index (χ1n) is 5.59. The van der Waals surface area contributed by atoms with E-state index in [-0.39, 0.29) is 0 Å². The van der Waals surface area contributed by atoms with Crippen LogP contribution in [0.3, 0.4) is 0 Å². The molecule has 4 nitrogen and oxygen atoms in total. The number of aromatic nitrogens is 2. The summed E-state index contributed by atoms with van der Waals surface area (Å²) in [5.74, 6) is 1.58. The van der Waals surface area contributed by atoms with Crippen LogP contribution >= 0.6 is 15.9 Å². The maximum atomic E-state index is 9.82. The van der Waals surface area contributed by atoms with Gasteiger partial charge in [-0.25, -0.2) is 4.98 Å². The summed E-state index contributed by atoms with van der Waals surface area (Å²) in [5.41, 5.74) is 2.43. The van der Waals surface area contributed by atoms with Gasteiger partial charge in [0.15, 0.2) is 6.29 Å². The maximum Gasteiger partial charge on any atom is 0.183 e. The van der Waals surface area contributed by atoms with Gasteiger partial charge in [0.2, 0.25) is 0 Å². The van der Waals surface area contributed by atoms with E-state index >= 15 is 0 Å². The standard InChI is InChI=1S/C12H13BrN2O2/c1-17-12(16)8-4-7(13)5-9-10(8)15-11(14-9)6-2-3-6/h4-6,12,16H,2-3H2,1H3,(H,14,15). The third kappa shape index (κ3) is 1.99. The van der Waals surface area contributed by atoms with Crippen LogP contribution < -0.4 is 0 Å². The molecule has 5 heteroatoms. The highest BCUT2D eigenvalue weighted by atomic mass is 79.9. The predicted molar refractivity (Wildman–Crippen MR) is 67.7 cm³/mol. The molecular weight excluding hydrogens is 284 g/mol. The Kier molecular flexibility index (Phi) is 2.69. The molecule has 0 aliphatic heterocycles. The lowest BCUT2D eigenvalue weighted by molar-refractivity contribution is -0.0760. The molecule has 1 aromatic carbocycles. The van der Waals surface area contributed by atoms with E-state index < -0.39 is 6.29 Å². The Morgan fingerprint density at radius 3 is 2.94 bits per heavy atom. The highest BCUT2D eigenvalue weighted by Crippen LogP contribution is 2.40. The van der Waals surface area contributed by atoms with Crippen LogP contribution in [0.5, 0.6) is 0 Å². The molecule has 3 rings (SSSR count). The van der Waals surface area contributed by atoms with E-state index in [4.69, 9.17) is 4.74 Å². The number of halogens is 1. The molecule has 1 aliphatic carbocycles. The Balaban J connectivity index is 2.18. The maximum absolute atomic E-state index is 9.82. The molecular formula is C12H13BrN2O2. The van der Waals surface area contributed by atoms with Gasteiger partial charge in [0, 0.05) is 23.1 Å². The Hall–Kier alpha value is -0.910. The largest absolute Gasteiger partial charge is 0.364 e. The van der Waals surface area contributed by atoms with Crippen molar-refractivity contribution in [2.45, 2.75) is 25.0 Å². The van der Waals surface area contributed by atoms with Crippen LogP contribution in [0, 0.1) is 0 Å². The van der Waals surface area contributed by atoms with Crippen LogP contribution in [-0.4, -0.2) is 22.2 Å². The van der Waals surface area contributed by atoms with Crippen LogP contribution in [-0.2, 0) is 4.74 Å². The molecule has 0 amide bonds. The van der Waals surface area contributed by atoms with Gasteiger partial charge in [0.05, 0.1) is 11.0 Å². The Morgan fingerprint density at radius 2 is 2.29 bits per heavy atom. The third-order valence-electron chi connectivity index (χ3n) is 3.05. The fraction of sp³-hybridized carbons (Fsp3) is 0.417. The number of hydrogen-bond donors (Lipinski definition) is 2. The minimum Gasteiger partial charge on any atom is -0.364 e. The van der Waals surface area contributed by atoms with Gasteiger partial charge in [0.1, 0.15) is 5.82 Å². The lowest BCUT2D eigenvalue weighted by Crippen LogP contribution is -2.00. The summed E-state index contributed by atoms with van der Waals surface area (Å²) >= 11 is 3.43. The SMILES string of the molecule is COC(O)c1cc(Br)cc2[nH]c(C3CC3)nc12.